The van der Waals surface area contributed by atoms with Gasteiger partial charge in [0.1, 0.15) is 17.5 Å². The number of hydrogen-bond donors (Lipinski definition) is 1. The summed E-state index contributed by atoms with van der Waals surface area (Å²) in [4.78, 5) is 22.5. The molecule has 1 N–H and O–H groups in total. The summed E-state index contributed by atoms with van der Waals surface area (Å²) in [6.07, 6.45) is 0.464. The van der Waals surface area contributed by atoms with E-state index >= 15 is 0 Å². The Labute approximate surface area is 140 Å². The van der Waals surface area contributed by atoms with Crippen LogP contribution in [0.25, 0.3) is 0 Å². The number of rotatable bonds is 5. The van der Waals surface area contributed by atoms with Gasteiger partial charge in [0.2, 0.25) is 5.79 Å². The Hall–Kier alpha value is -2.44. The fourth-order valence-corrected chi connectivity index (χ4v) is 2.39. The minimum atomic E-state index is -6.03. The van der Waals surface area contributed by atoms with Crippen molar-refractivity contribution in [1.29, 1.82) is 0 Å². The molecule has 13 heteroatoms. The van der Waals surface area contributed by atoms with E-state index in [-0.39, 0.29) is 18.9 Å². The van der Waals surface area contributed by atoms with Gasteiger partial charge in [0.15, 0.2) is 5.75 Å². The van der Waals surface area contributed by atoms with Gasteiger partial charge in [0.25, 0.3) is 0 Å². The molecule has 0 fully saturated rings. The van der Waals surface area contributed by atoms with Crippen LogP contribution in [-0.4, -0.2) is 39.3 Å². The molecule has 0 amide bonds. The van der Waals surface area contributed by atoms with Crippen LogP contribution in [0, 0.1) is 0 Å². The number of benzene rings is 1. The molecule has 2 rings (SSSR count). The first-order valence-electron chi connectivity index (χ1n) is 6.65. The standard InChI is InChI=1S/C12H11BF3NO7S/c1-11(2)22-7-3-6(17-13-5-18)4-8(9(7)10(19)23-11)24-25(20,21)12(14,15)16/h3-5,13,17H,1-2H3. The molecule has 0 bridgehead atoms. The third-order valence-corrected chi connectivity index (χ3v) is 3.80. The van der Waals surface area contributed by atoms with E-state index in [9.17, 15) is 31.2 Å². The number of cyclic esters (lactones) is 1. The molecule has 0 saturated heterocycles. The van der Waals surface area contributed by atoms with Gasteiger partial charge >= 0.3 is 29.0 Å². The van der Waals surface area contributed by atoms with Gasteiger partial charge in [-0.15, -0.1) is 0 Å². The predicted molar refractivity (Wildman–Crippen MR) is 79.7 cm³/mol. The number of carbonyl (C=O) groups excluding carboxylic acids is 2. The lowest BCUT2D eigenvalue weighted by Crippen LogP contribution is -2.39. The summed E-state index contributed by atoms with van der Waals surface area (Å²) in [5.41, 5.74) is -6.32. The van der Waals surface area contributed by atoms with Gasteiger partial charge in [-0.2, -0.15) is 21.6 Å². The minimum absolute atomic E-state index is 0.00345. The third-order valence-electron chi connectivity index (χ3n) is 2.84. The van der Waals surface area contributed by atoms with E-state index in [2.05, 4.69) is 9.41 Å². The highest BCUT2D eigenvalue weighted by molar-refractivity contribution is 7.88. The number of esters is 1. The zero-order valence-electron chi connectivity index (χ0n) is 12.8. The average Bonchev–Trinajstić information content (AvgIpc) is 2.41. The van der Waals surface area contributed by atoms with Crippen LogP contribution >= 0.6 is 0 Å². The molecule has 1 aromatic carbocycles. The number of hydrogen-bond acceptors (Lipinski definition) is 8. The molecule has 0 aromatic heterocycles. The molecule has 25 heavy (non-hydrogen) atoms. The monoisotopic (exact) mass is 381 g/mol. The summed E-state index contributed by atoms with van der Waals surface area (Å²) in [6, 6.07) is 2.02. The molecule has 1 aromatic rings. The fraction of sp³-hybridized carbons (Fsp3) is 0.333. The van der Waals surface area contributed by atoms with E-state index in [1.807, 2.05) is 0 Å². The summed E-state index contributed by atoms with van der Waals surface area (Å²) >= 11 is 0. The van der Waals surface area contributed by atoms with Gasteiger partial charge in [0.05, 0.1) is 0 Å². The summed E-state index contributed by atoms with van der Waals surface area (Å²) in [5.74, 6) is -3.76. The van der Waals surface area contributed by atoms with Crippen molar-refractivity contribution in [3.63, 3.8) is 0 Å². The number of carbonyl (C=O) groups is 2. The zero-order chi connectivity index (χ0) is 19.0. The van der Waals surface area contributed by atoms with Crippen molar-refractivity contribution in [3.05, 3.63) is 17.7 Å². The molecule has 0 unspecified atom stereocenters. The molecule has 136 valence electrons. The van der Waals surface area contributed by atoms with E-state index < -0.39 is 38.7 Å². The van der Waals surface area contributed by atoms with Crippen LogP contribution in [0.15, 0.2) is 12.1 Å². The second kappa shape index (κ2) is 6.13. The Kier molecular flexibility index (Phi) is 4.64. The van der Waals surface area contributed by atoms with Crippen LogP contribution in [0.5, 0.6) is 11.5 Å². The number of ether oxygens (including phenoxy) is 2. The Morgan fingerprint density at radius 2 is 1.92 bits per heavy atom. The van der Waals surface area contributed by atoms with Gasteiger partial charge < -0.3 is 23.7 Å². The van der Waals surface area contributed by atoms with Crippen LogP contribution in [0.3, 0.4) is 0 Å². The van der Waals surface area contributed by atoms with E-state index in [0.717, 1.165) is 6.07 Å². The topological polar surface area (TPSA) is 108 Å². The Balaban J connectivity index is 2.58. The summed E-state index contributed by atoms with van der Waals surface area (Å²) in [6.45, 7) is 2.73. The van der Waals surface area contributed by atoms with E-state index in [4.69, 9.17) is 9.47 Å². The Morgan fingerprint density at radius 3 is 2.48 bits per heavy atom. The van der Waals surface area contributed by atoms with Gasteiger partial charge in [-0.3, -0.25) is 0 Å². The van der Waals surface area contributed by atoms with Crippen molar-refractivity contribution >= 4 is 35.4 Å². The number of alkyl halides is 3. The lowest BCUT2D eigenvalue weighted by molar-refractivity contribution is -0.127. The highest BCUT2D eigenvalue weighted by atomic mass is 32.2. The van der Waals surface area contributed by atoms with Crippen molar-refractivity contribution < 1.29 is 44.8 Å². The first-order valence-corrected chi connectivity index (χ1v) is 8.06. The SMILES string of the molecule is CC1(C)OC(=O)c2c(cc(NBC=O)cc2OS(=O)(=O)C(F)(F)F)O1. The largest absolute Gasteiger partial charge is 0.534 e. The lowest BCUT2D eigenvalue weighted by Gasteiger charge is -2.32. The molecular weight excluding hydrogens is 370 g/mol. The molecule has 1 aliphatic heterocycles. The van der Waals surface area contributed by atoms with Gasteiger partial charge in [-0.25, -0.2) is 4.79 Å². The molecular formula is C12H11BF3NO7S. The number of anilines is 1. The van der Waals surface area contributed by atoms with Crippen molar-refractivity contribution in [3.8, 4) is 11.5 Å². The van der Waals surface area contributed by atoms with Crippen molar-refractivity contribution in [2.45, 2.75) is 25.1 Å². The van der Waals surface area contributed by atoms with Crippen LogP contribution in [-0.2, 0) is 19.6 Å². The molecule has 0 radical (unpaired) electrons. The Morgan fingerprint density at radius 1 is 1.28 bits per heavy atom. The normalized spacial score (nSPS) is 16.1. The number of fused-ring (bicyclic) bond motifs is 1. The molecule has 0 atom stereocenters. The first-order chi connectivity index (χ1) is 11.4. The average molecular weight is 381 g/mol. The highest BCUT2D eigenvalue weighted by Gasteiger charge is 2.49. The summed E-state index contributed by atoms with van der Waals surface area (Å²) in [5, 5.41) is 2.50. The van der Waals surface area contributed by atoms with Gasteiger partial charge in [-0.1, -0.05) is 0 Å². The fourth-order valence-electron chi connectivity index (χ4n) is 1.92. The number of nitrogens with one attached hydrogen (secondary N) is 1. The predicted octanol–water partition coefficient (Wildman–Crippen LogP) is 1.15. The Bertz CT molecular complexity index is 823. The second-order valence-corrected chi connectivity index (χ2v) is 6.81. The molecule has 8 nitrogen and oxygen atoms in total. The minimum Gasteiger partial charge on any atom is -0.452 e. The number of halogens is 3. The summed E-state index contributed by atoms with van der Waals surface area (Å²) in [7, 11) is -6.26. The van der Waals surface area contributed by atoms with Crippen molar-refractivity contribution in [1.82, 2.24) is 0 Å². The maximum absolute atomic E-state index is 12.6. The molecule has 0 spiro atoms. The van der Waals surface area contributed by atoms with Gasteiger partial charge in [-0.05, 0) is 0 Å². The first kappa shape index (κ1) is 18.9. The van der Waals surface area contributed by atoms with Crippen molar-refractivity contribution in [2.24, 2.45) is 0 Å². The third kappa shape index (κ3) is 3.98. The van der Waals surface area contributed by atoms with E-state index in [0.29, 0.717) is 6.19 Å². The maximum atomic E-state index is 12.6. The van der Waals surface area contributed by atoms with Crippen molar-refractivity contribution in [2.75, 3.05) is 5.23 Å². The van der Waals surface area contributed by atoms with Crippen LogP contribution in [0.1, 0.15) is 24.2 Å². The molecule has 1 aliphatic rings. The van der Waals surface area contributed by atoms with E-state index in [1.165, 1.54) is 19.9 Å². The second-order valence-electron chi connectivity index (χ2n) is 5.27. The maximum Gasteiger partial charge on any atom is 0.534 e. The smallest absolute Gasteiger partial charge is 0.452 e. The van der Waals surface area contributed by atoms with E-state index in [1.54, 1.807) is 0 Å². The zero-order valence-corrected chi connectivity index (χ0v) is 13.7. The van der Waals surface area contributed by atoms with Crippen LogP contribution < -0.4 is 14.1 Å². The molecule has 0 saturated carbocycles. The van der Waals surface area contributed by atoms with Crippen LogP contribution in [0.2, 0.25) is 0 Å². The molecule has 1 heterocycles. The quantitative estimate of drug-likeness (QED) is 0.266. The highest BCUT2D eigenvalue weighted by Crippen LogP contribution is 2.41. The summed E-state index contributed by atoms with van der Waals surface area (Å²) < 4.78 is 74.4. The van der Waals surface area contributed by atoms with Gasteiger partial charge in [0, 0.05) is 31.7 Å². The lowest BCUT2D eigenvalue weighted by atomic mass is 9.97. The van der Waals surface area contributed by atoms with Crippen LogP contribution in [0.4, 0.5) is 18.9 Å². The molecule has 0 aliphatic carbocycles.